The molecule has 0 aliphatic carbocycles. The molecule has 0 aliphatic heterocycles. The van der Waals surface area contributed by atoms with E-state index in [4.69, 9.17) is 0 Å². The van der Waals surface area contributed by atoms with Crippen molar-refractivity contribution in [3.05, 3.63) is 29.3 Å². The van der Waals surface area contributed by atoms with E-state index >= 15 is 0 Å². The highest BCUT2D eigenvalue weighted by Gasteiger charge is 2.12. The number of rotatable bonds is 7. The zero-order valence-electron chi connectivity index (χ0n) is 13.5. The summed E-state index contributed by atoms with van der Waals surface area (Å²) in [6, 6.07) is 5.93. The van der Waals surface area contributed by atoms with E-state index in [9.17, 15) is 9.59 Å². The van der Waals surface area contributed by atoms with Crippen molar-refractivity contribution in [1.82, 2.24) is 4.90 Å². The van der Waals surface area contributed by atoms with E-state index < -0.39 is 0 Å². The lowest BCUT2D eigenvalue weighted by molar-refractivity contribution is -0.129. The number of unbranched alkanes of at least 4 members (excludes halogenated alkanes) is 1. The molecule has 1 aromatic carbocycles. The van der Waals surface area contributed by atoms with E-state index in [-0.39, 0.29) is 11.8 Å². The molecule has 0 atom stereocenters. The van der Waals surface area contributed by atoms with Crippen LogP contribution in [-0.2, 0) is 9.59 Å². The first-order chi connectivity index (χ1) is 9.95. The standard InChI is InChI=1S/C17H26N2O2/c1-5-6-11-19(15(4)20)12-10-16(21)18-17-13(2)8-7-9-14(17)3/h7-9H,5-6,10-12H2,1-4H3,(H,18,21). The third-order valence-corrected chi connectivity index (χ3v) is 3.58. The summed E-state index contributed by atoms with van der Waals surface area (Å²) < 4.78 is 0. The molecule has 4 heteroatoms. The van der Waals surface area contributed by atoms with Crippen molar-refractivity contribution < 1.29 is 9.59 Å². The number of nitrogens with zero attached hydrogens (tertiary/aromatic N) is 1. The van der Waals surface area contributed by atoms with Gasteiger partial charge >= 0.3 is 0 Å². The van der Waals surface area contributed by atoms with Crippen LogP contribution in [0.5, 0.6) is 0 Å². The predicted octanol–water partition coefficient (Wildman–Crippen LogP) is 3.28. The first kappa shape index (κ1) is 17.2. The third-order valence-electron chi connectivity index (χ3n) is 3.58. The van der Waals surface area contributed by atoms with Crippen molar-refractivity contribution >= 4 is 17.5 Å². The maximum Gasteiger partial charge on any atom is 0.226 e. The highest BCUT2D eigenvalue weighted by Crippen LogP contribution is 2.19. The molecular weight excluding hydrogens is 264 g/mol. The molecule has 0 radical (unpaired) electrons. The number of nitrogens with one attached hydrogen (secondary N) is 1. The summed E-state index contributed by atoms with van der Waals surface area (Å²) in [6.45, 7) is 8.80. The Labute approximate surface area is 127 Å². The summed E-state index contributed by atoms with van der Waals surface area (Å²) in [6.07, 6.45) is 2.34. The number of amides is 2. The molecule has 0 aliphatic rings. The summed E-state index contributed by atoms with van der Waals surface area (Å²) in [7, 11) is 0. The molecule has 116 valence electrons. The Morgan fingerprint density at radius 1 is 1.14 bits per heavy atom. The average molecular weight is 290 g/mol. The molecule has 0 saturated carbocycles. The van der Waals surface area contributed by atoms with E-state index in [1.165, 1.54) is 0 Å². The summed E-state index contributed by atoms with van der Waals surface area (Å²) in [5, 5.41) is 2.95. The van der Waals surface area contributed by atoms with E-state index in [1.807, 2.05) is 32.0 Å². The highest BCUT2D eigenvalue weighted by atomic mass is 16.2. The van der Waals surface area contributed by atoms with Crippen molar-refractivity contribution in [1.29, 1.82) is 0 Å². The lowest BCUT2D eigenvalue weighted by atomic mass is 10.1. The van der Waals surface area contributed by atoms with Gasteiger partial charge in [0.2, 0.25) is 11.8 Å². The third kappa shape index (κ3) is 5.58. The fourth-order valence-electron chi connectivity index (χ4n) is 2.23. The quantitative estimate of drug-likeness (QED) is 0.837. The molecule has 0 saturated heterocycles. The maximum atomic E-state index is 12.1. The van der Waals surface area contributed by atoms with Crippen molar-refractivity contribution in [2.45, 2.75) is 47.0 Å². The van der Waals surface area contributed by atoms with Gasteiger partial charge in [-0.15, -0.1) is 0 Å². The topological polar surface area (TPSA) is 49.4 Å². The van der Waals surface area contributed by atoms with Crippen molar-refractivity contribution in [3.63, 3.8) is 0 Å². The lowest BCUT2D eigenvalue weighted by Crippen LogP contribution is -2.33. The molecule has 1 rings (SSSR count). The molecule has 2 amide bonds. The van der Waals surface area contributed by atoms with Crippen LogP contribution >= 0.6 is 0 Å². The van der Waals surface area contributed by atoms with Gasteiger partial charge in [0.25, 0.3) is 0 Å². The number of carbonyl (C=O) groups excluding carboxylic acids is 2. The molecule has 1 N–H and O–H groups in total. The second kappa shape index (κ2) is 8.45. The van der Waals surface area contributed by atoms with Crippen LogP contribution < -0.4 is 5.32 Å². The van der Waals surface area contributed by atoms with E-state index in [1.54, 1.807) is 11.8 Å². The highest BCUT2D eigenvalue weighted by molar-refractivity contribution is 5.92. The Morgan fingerprint density at radius 2 is 1.76 bits per heavy atom. The van der Waals surface area contributed by atoms with Crippen molar-refractivity contribution in [3.8, 4) is 0 Å². The Balaban J connectivity index is 2.55. The average Bonchev–Trinajstić information content (AvgIpc) is 2.42. The normalized spacial score (nSPS) is 10.3. The number of hydrogen-bond donors (Lipinski definition) is 1. The SMILES string of the molecule is CCCCN(CCC(=O)Nc1c(C)cccc1C)C(C)=O. The molecule has 0 spiro atoms. The number of para-hydroxylation sites is 1. The second-order valence-corrected chi connectivity index (χ2v) is 5.42. The van der Waals surface area contributed by atoms with E-state index in [2.05, 4.69) is 12.2 Å². The molecule has 1 aromatic rings. The minimum atomic E-state index is -0.0462. The summed E-state index contributed by atoms with van der Waals surface area (Å²) >= 11 is 0. The molecule has 0 heterocycles. The van der Waals surface area contributed by atoms with Gasteiger partial charge in [-0.05, 0) is 31.4 Å². The van der Waals surface area contributed by atoms with Gasteiger partial charge in [0.05, 0.1) is 0 Å². The molecule has 21 heavy (non-hydrogen) atoms. The first-order valence-electron chi connectivity index (χ1n) is 7.57. The zero-order chi connectivity index (χ0) is 15.8. The van der Waals surface area contributed by atoms with Crippen LogP contribution in [0.1, 0.15) is 44.2 Å². The molecule has 0 fully saturated rings. The maximum absolute atomic E-state index is 12.1. The van der Waals surface area contributed by atoms with Gasteiger partial charge in [-0.25, -0.2) is 0 Å². The molecule has 0 bridgehead atoms. The molecular formula is C17H26N2O2. The van der Waals surface area contributed by atoms with Crippen LogP contribution in [-0.4, -0.2) is 29.8 Å². The number of anilines is 1. The van der Waals surface area contributed by atoms with Gasteiger partial charge in [0.15, 0.2) is 0 Å². The second-order valence-electron chi connectivity index (χ2n) is 5.42. The van der Waals surface area contributed by atoms with Gasteiger partial charge < -0.3 is 10.2 Å². The zero-order valence-corrected chi connectivity index (χ0v) is 13.5. The Hall–Kier alpha value is -1.84. The number of benzene rings is 1. The van der Waals surface area contributed by atoms with Crippen molar-refractivity contribution in [2.75, 3.05) is 18.4 Å². The number of carbonyl (C=O) groups is 2. The number of aryl methyl sites for hydroxylation is 2. The van der Waals surface area contributed by atoms with Crippen LogP contribution in [0.25, 0.3) is 0 Å². The Morgan fingerprint density at radius 3 is 2.29 bits per heavy atom. The minimum Gasteiger partial charge on any atom is -0.342 e. The van der Waals surface area contributed by atoms with Crippen LogP contribution in [0, 0.1) is 13.8 Å². The van der Waals surface area contributed by atoms with Crippen LogP contribution in [0.2, 0.25) is 0 Å². The summed E-state index contributed by atoms with van der Waals surface area (Å²) in [5.41, 5.74) is 2.99. The summed E-state index contributed by atoms with van der Waals surface area (Å²) in [4.78, 5) is 25.3. The van der Waals surface area contributed by atoms with Gasteiger partial charge in [0.1, 0.15) is 0 Å². The molecule has 4 nitrogen and oxygen atoms in total. The predicted molar refractivity (Wildman–Crippen MR) is 86.3 cm³/mol. The van der Waals surface area contributed by atoms with Crippen LogP contribution in [0.4, 0.5) is 5.69 Å². The van der Waals surface area contributed by atoms with E-state index in [0.717, 1.165) is 36.2 Å². The fraction of sp³-hybridized carbons (Fsp3) is 0.529. The largest absolute Gasteiger partial charge is 0.342 e. The monoisotopic (exact) mass is 290 g/mol. The summed E-state index contributed by atoms with van der Waals surface area (Å²) in [5.74, 6) is -0.0153. The number of hydrogen-bond acceptors (Lipinski definition) is 2. The van der Waals surface area contributed by atoms with Crippen LogP contribution in [0.3, 0.4) is 0 Å². The smallest absolute Gasteiger partial charge is 0.226 e. The van der Waals surface area contributed by atoms with Crippen molar-refractivity contribution in [2.24, 2.45) is 0 Å². The molecule has 0 aromatic heterocycles. The van der Waals surface area contributed by atoms with E-state index in [0.29, 0.717) is 13.0 Å². The van der Waals surface area contributed by atoms with Gasteiger partial charge in [0, 0.05) is 32.1 Å². The van der Waals surface area contributed by atoms with Gasteiger partial charge in [-0.2, -0.15) is 0 Å². The van der Waals surface area contributed by atoms with Gasteiger partial charge in [-0.3, -0.25) is 9.59 Å². The van der Waals surface area contributed by atoms with Gasteiger partial charge in [-0.1, -0.05) is 31.5 Å². The molecule has 0 unspecified atom stereocenters. The lowest BCUT2D eigenvalue weighted by Gasteiger charge is -2.20. The Bertz CT molecular complexity index is 477. The minimum absolute atomic E-state index is 0.0309. The fourth-order valence-corrected chi connectivity index (χ4v) is 2.23. The Kier molecular flexibility index (Phi) is 6.92. The van der Waals surface area contributed by atoms with Crippen LogP contribution in [0.15, 0.2) is 18.2 Å². The first-order valence-corrected chi connectivity index (χ1v) is 7.57.